The molecule has 0 aliphatic heterocycles. The SMILES string of the molecule is CCn1c2cc(C)ccc2c2ccc(Nc3cc4c(cc3-c3cccc(OC)c3)-c3ccc(N(c5ccc(OC)cc5)c5ccc6c7ccc(C)cc7n(CC)c6c5)cc3C43c4cc(Nc5ccc6c7ccc(C)cc7n(CC)c6c5-c5cccc(OC)c5)ccc4-c4ccc(N(c5ccc(OC)cc5)c5ccc6c7ccc(C)cc7n(CC)c6c5)cc43)cc21. The lowest BCUT2D eigenvalue weighted by Gasteiger charge is -2.34. The van der Waals surface area contributed by atoms with Crippen LogP contribution >= 0.6 is 0 Å². The van der Waals surface area contributed by atoms with Crippen LogP contribution in [0.3, 0.4) is 0 Å². The second-order valence-electron chi connectivity index (χ2n) is 33.8. The van der Waals surface area contributed by atoms with Crippen LogP contribution in [0, 0.1) is 27.7 Å². The van der Waals surface area contributed by atoms with E-state index in [1.165, 1.54) is 104 Å². The third kappa shape index (κ3) is 11.9. The number of hydrogen-bond donors (Lipinski definition) is 2. The molecule has 125 heavy (non-hydrogen) atoms. The number of nitrogens with one attached hydrogen (secondary N) is 2. The zero-order valence-electron chi connectivity index (χ0n) is 72.5. The van der Waals surface area contributed by atoms with E-state index in [9.17, 15) is 0 Å². The summed E-state index contributed by atoms with van der Waals surface area (Å²) in [6.45, 7) is 21.0. The van der Waals surface area contributed by atoms with Crippen molar-refractivity contribution in [2.75, 3.05) is 48.9 Å². The lowest BCUT2D eigenvalue weighted by atomic mass is 9.70. The van der Waals surface area contributed by atoms with Crippen LogP contribution in [-0.2, 0) is 31.6 Å². The zero-order chi connectivity index (χ0) is 84.9. The van der Waals surface area contributed by atoms with Crippen molar-refractivity contribution in [3.05, 3.63) is 348 Å². The molecule has 0 radical (unpaired) electrons. The van der Waals surface area contributed by atoms with E-state index in [1.54, 1.807) is 28.4 Å². The molecule has 1 spiro atoms. The topological polar surface area (TPSA) is 87.2 Å². The standard InChI is InChI=1S/C113H96N8O4/c1-13-116-104-53-67(5)23-41-88(104)91-46-28-74(60-108(91)116)115-103-66-101-97(65-96(103)71-19-17-21-83(57-71)124-11)87-48-34-78(121(76-31-39-82(123-10)40-32-76)80-36-50-93-90-43-25-69(7)55-106(90)118(15-3)110(93)64-80)62-100(87)113(101)98-59-73(114-102-52-51-95-94-44-26-70(8)56-107(94)119(16-4)112(95)111(102)72-20-18-22-84(58-72)125-12)27-45-85(98)86-47-33-77(61-99(86)113)120(75-29-37-81(122-9)38-30-75)79-35-49-92-89-42-24-68(6)54-105(89)117(14-2)109(92)63-79/h17-66,114-115H,13-16H2,1-12H3. The Labute approximate surface area is 727 Å². The summed E-state index contributed by atoms with van der Waals surface area (Å²) in [6, 6.07) is 114. The Bertz CT molecular complexity index is 7850. The fraction of sp³-hybridized carbons (Fsp3) is 0.150. The average Bonchev–Trinajstić information content (AvgIpc) is 1.50. The third-order valence-electron chi connectivity index (χ3n) is 26.9. The van der Waals surface area contributed by atoms with Gasteiger partial charge in [-0.25, -0.2) is 0 Å². The number of rotatable bonds is 20. The molecule has 0 saturated heterocycles. The molecule has 22 rings (SSSR count). The molecule has 612 valence electrons. The molecule has 1 atom stereocenters. The number of hydrogen-bond acceptors (Lipinski definition) is 8. The summed E-state index contributed by atoms with van der Waals surface area (Å²) in [6.07, 6.45) is 0. The Balaban J connectivity index is 0.851. The highest BCUT2D eigenvalue weighted by Crippen LogP contribution is 2.66. The summed E-state index contributed by atoms with van der Waals surface area (Å²) in [5.74, 6) is 3.11. The van der Waals surface area contributed by atoms with Crippen LogP contribution in [0.2, 0.25) is 0 Å². The lowest BCUT2D eigenvalue weighted by Crippen LogP contribution is -2.27. The number of nitrogens with zero attached hydrogens (tertiary/aromatic N) is 6. The molecule has 2 aliphatic rings. The molecule has 0 saturated carbocycles. The number of aromatic nitrogens is 4. The Morgan fingerprint density at radius 1 is 0.264 bits per heavy atom. The zero-order valence-corrected chi connectivity index (χ0v) is 72.5. The predicted octanol–water partition coefficient (Wildman–Crippen LogP) is 29.6. The van der Waals surface area contributed by atoms with Crippen molar-refractivity contribution in [2.45, 2.75) is 87.0 Å². The molecule has 16 aromatic carbocycles. The minimum atomic E-state index is -1.07. The fourth-order valence-electron chi connectivity index (χ4n) is 21.2. The third-order valence-corrected chi connectivity index (χ3v) is 26.9. The first-order valence-corrected chi connectivity index (χ1v) is 43.7. The monoisotopic (exact) mass is 1630 g/mol. The van der Waals surface area contributed by atoms with Gasteiger partial charge in [0.15, 0.2) is 0 Å². The van der Waals surface area contributed by atoms with Gasteiger partial charge in [0.05, 0.1) is 55.9 Å². The van der Waals surface area contributed by atoms with E-state index in [0.29, 0.717) is 0 Å². The molecule has 1 unspecified atom stereocenters. The summed E-state index contributed by atoms with van der Waals surface area (Å²) < 4.78 is 34.1. The van der Waals surface area contributed by atoms with Gasteiger partial charge in [0, 0.05) is 159 Å². The maximum atomic E-state index is 6.17. The number of aryl methyl sites for hydroxylation is 8. The van der Waals surface area contributed by atoms with Crippen LogP contribution in [0.15, 0.2) is 303 Å². The van der Waals surface area contributed by atoms with Crippen LogP contribution < -0.4 is 39.4 Å². The Kier molecular flexibility index (Phi) is 18.1. The van der Waals surface area contributed by atoms with Crippen LogP contribution in [0.1, 0.15) is 72.2 Å². The quantitative estimate of drug-likeness (QED) is 0.0781. The molecular formula is C113H96N8O4. The molecule has 20 aromatic rings. The van der Waals surface area contributed by atoms with Crippen molar-refractivity contribution >= 4 is 144 Å². The highest BCUT2D eigenvalue weighted by Gasteiger charge is 2.53. The smallest absolute Gasteiger partial charge is 0.119 e. The fourth-order valence-corrected chi connectivity index (χ4v) is 21.2. The highest BCUT2D eigenvalue weighted by molar-refractivity contribution is 6.17. The van der Waals surface area contributed by atoms with Gasteiger partial charge in [0.1, 0.15) is 23.0 Å². The first-order valence-electron chi connectivity index (χ1n) is 43.7. The Morgan fingerprint density at radius 2 is 0.616 bits per heavy atom. The Morgan fingerprint density at radius 3 is 1.10 bits per heavy atom. The van der Waals surface area contributed by atoms with E-state index >= 15 is 0 Å². The molecule has 0 bridgehead atoms. The van der Waals surface area contributed by atoms with Gasteiger partial charge in [-0.15, -0.1) is 0 Å². The van der Waals surface area contributed by atoms with Gasteiger partial charge < -0.3 is 57.6 Å². The maximum Gasteiger partial charge on any atom is 0.119 e. The van der Waals surface area contributed by atoms with Crippen LogP contribution in [0.4, 0.5) is 56.9 Å². The summed E-state index contributed by atoms with van der Waals surface area (Å²) >= 11 is 0. The molecule has 4 aromatic heterocycles. The van der Waals surface area contributed by atoms with E-state index in [4.69, 9.17) is 18.9 Å². The van der Waals surface area contributed by atoms with Crippen molar-refractivity contribution < 1.29 is 18.9 Å². The number of anilines is 10. The highest BCUT2D eigenvalue weighted by atomic mass is 16.5. The molecule has 12 nitrogen and oxygen atoms in total. The van der Waals surface area contributed by atoms with Gasteiger partial charge in [-0.05, 0) is 321 Å². The van der Waals surface area contributed by atoms with E-state index in [2.05, 4.69) is 385 Å². The summed E-state index contributed by atoms with van der Waals surface area (Å²) in [7, 11) is 7.00. The van der Waals surface area contributed by atoms with Gasteiger partial charge in [-0.1, -0.05) is 115 Å². The first kappa shape index (κ1) is 76.3. The second kappa shape index (κ2) is 29.7. The van der Waals surface area contributed by atoms with E-state index in [-0.39, 0.29) is 0 Å². The van der Waals surface area contributed by atoms with Crippen molar-refractivity contribution in [1.82, 2.24) is 18.3 Å². The number of methoxy groups -OCH3 is 4. The molecule has 0 fully saturated rings. The summed E-state index contributed by atoms with van der Waals surface area (Å²) in [5, 5.41) is 18.3. The normalized spacial score (nSPS) is 13.3. The number of ether oxygens (including phenoxy) is 4. The summed E-state index contributed by atoms with van der Waals surface area (Å²) in [5.41, 5.74) is 36.4. The van der Waals surface area contributed by atoms with E-state index in [0.717, 1.165) is 178 Å². The maximum absolute atomic E-state index is 6.17. The van der Waals surface area contributed by atoms with Crippen LogP contribution in [0.5, 0.6) is 23.0 Å². The van der Waals surface area contributed by atoms with Crippen molar-refractivity contribution in [1.29, 1.82) is 0 Å². The van der Waals surface area contributed by atoms with Crippen molar-refractivity contribution in [2.24, 2.45) is 0 Å². The molecular weight excluding hydrogens is 1530 g/mol. The van der Waals surface area contributed by atoms with Crippen LogP contribution in [0.25, 0.3) is 132 Å². The summed E-state index contributed by atoms with van der Waals surface area (Å²) in [4.78, 5) is 4.91. The van der Waals surface area contributed by atoms with Gasteiger partial charge >= 0.3 is 0 Å². The minimum Gasteiger partial charge on any atom is -0.497 e. The average molecular weight is 1630 g/mol. The lowest BCUT2D eigenvalue weighted by molar-refractivity contribution is 0.414. The molecule has 0 amide bonds. The van der Waals surface area contributed by atoms with Gasteiger partial charge in [-0.2, -0.15) is 0 Å². The van der Waals surface area contributed by atoms with Gasteiger partial charge in [0.25, 0.3) is 0 Å². The molecule has 12 heteroatoms. The van der Waals surface area contributed by atoms with Crippen molar-refractivity contribution in [3.63, 3.8) is 0 Å². The largest absolute Gasteiger partial charge is 0.497 e. The molecule has 4 heterocycles. The Hall–Kier alpha value is -14.9. The molecule has 2 aliphatic carbocycles. The molecule has 2 N–H and O–H groups in total. The van der Waals surface area contributed by atoms with E-state index in [1.807, 2.05) is 12.1 Å². The van der Waals surface area contributed by atoms with Crippen LogP contribution in [-0.4, -0.2) is 46.7 Å². The number of fused-ring (bicyclic) bond motifs is 22. The second-order valence-corrected chi connectivity index (χ2v) is 33.8. The van der Waals surface area contributed by atoms with Crippen molar-refractivity contribution in [3.8, 4) is 67.5 Å². The first-order chi connectivity index (χ1) is 61.2. The van der Waals surface area contributed by atoms with E-state index < -0.39 is 5.41 Å². The predicted molar refractivity (Wildman–Crippen MR) is 522 cm³/mol. The minimum absolute atomic E-state index is 0.765. The van der Waals surface area contributed by atoms with Gasteiger partial charge in [-0.3, -0.25) is 0 Å². The van der Waals surface area contributed by atoms with Gasteiger partial charge in [0.2, 0.25) is 0 Å². The number of benzene rings is 16.